The van der Waals surface area contributed by atoms with Crippen molar-refractivity contribution in [1.29, 1.82) is 0 Å². The maximum atomic E-state index is 13.3. The molecule has 0 aliphatic carbocycles. The number of aromatic nitrogens is 1. The Morgan fingerprint density at radius 2 is 1.86 bits per heavy atom. The molecule has 35 heavy (non-hydrogen) atoms. The van der Waals surface area contributed by atoms with E-state index in [1.165, 1.54) is 0 Å². The van der Waals surface area contributed by atoms with Gasteiger partial charge in [-0.15, -0.1) is 0 Å². The van der Waals surface area contributed by atoms with Crippen LogP contribution in [0.4, 0.5) is 11.4 Å². The van der Waals surface area contributed by atoms with Gasteiger partial charge in [-0.2, -0.15) is 0 Å². The van der Waals surface area contributed by atoms with Gasteiger partial charge in [-0.25, -0.2) is 9.79 Å². The second-order valence-electron chi connectivity index (χ2n) is 7.58. The van der Waals surface area contributed by atoms with Crippen molar-refractivity contribution in [2.75, 3.05) is 11.9 Å². The van der Waals surface area contributed by atoms with Gasteiger partial charge in [0.15, 0.2) is 5.58 Å². The number of carbonyl (C=O) groups is 2. The minimum absolute atomic E-state index is 0.0489. The number of hydrogen-bond donors (Lipinski definition) is 2. The van der Waals surface area contributed by atoms with Crippen molar-refractivity contribution < 1.29 is 23.8 Å². The molecule has 0 atom stereocenters. The summed E-state index contributed by atoms with van der Waals surface area (Å²) in [5, 5.41) is 13.7. The molecule has 0 radical (unpaired) electrons. The van der Waals surface area contributed by atoms with Gasteiger partial charge in [-0.3, -0.25) is 9.78 Å². The molecule has 0 saturated carbocycles. The first kappa shape index (κ1) is 24.1. The van der Waals surface area contributed by atoms with Crippen LogP contribution in [0.2, 0.25) is 5.02 Å². The number of aryl methyl sites for hydroxylation is 1. The third-order valence-corrected chi connectivity index (χ3v) is 5.43. The first-order valence-corrected chi connectivity index (χ1v) is 11.2. The first-order chi connectivity index (χ1) is 16.9. The molecular formula is C26H22ClN3O5. The van der Waals surface area contributed by atoms with Gasteiger partial charge in [0.1, 0.15) is 5.56 Å². The van der Waals surface area contributed by atoms with Crippen LogP contribution in [0, 0.1) is 6.92 Å². The lowest BCUT2D eigenvalue weighted by Gasteiger charge is -2.10. The molecular weight excluding hydrogens is 470 g/mol. The van der Waals surface area contributed by atoms with E-state index in [1.54, 1.807) is 74.6 Å². The average molecular weight is 492 g/mol. The summed E-state index contributed by atoms with van der Waals surface area (Å²) in [7, 11) is 0. The second kappa shape index (κ2) is 10.5. The molecule has 0 aliphatic heterocycles. The smallest absolute Gasteiger partial charge is 0.338 e. The van der Waals surface area contributed by atoms with Crippen LogP contribution in [0.15, 0.2) is 70.2 Å². The van der Waals surface area contributed by atoms with E-state index in [-0.39, 0.29) is 24.3 Å². The second-order valence-corrected chi connectivity index (χ2v) is 8.01. The molecule has 0 fully saturated rings. The standard InChI is InChI=1S/C26H22ClN3O5/c1-3-34-26(33)16-4-8-20(9-5-16)30-25-22(24(32)29-19-10-6-18(27)7-11-19)12-21-17(14-31)13-28-15(2)23(21)35-25/h4-13,31H,3,14H2,1-2H3,(H,29,32). The van der Waals surface area contributed by atoms with Crippen molar-refractivity contribution >= 4 is 45.8 Å². The van der Waals surface area contributed by atoms with E-state index in [4.69, 9.17) is 20.8 Å². The largest absolute Gasteiger partial charge is 0.462 e. The number of anilines is 1. The van der Waals surface area contributed by atoms with Gasteiger partial charge in [0, 0.05) is 27.9 Å². The Hall–Kier alpha value is -4.01. The topological polar surface area (TPSA) is 114 Å². The Labute approximate surface area is 205 Å². The van der Waals surface area contributed by atoms with Crippen molar-refractivity contribution in [2.24, 2.45) is 4.99 Å². The molecule has 8 nitrogen and oxygen atoms in total. The minimum Gasteiger partial charge on any atom is -0.462 e. The van der Waals surface area contributed by atoms with E-state index in [0.29, 0.717) is 44.2 Å². The normalized spacial score (nSPS) is 11.5. The Balaban J connectivity index is 1.84. The van der Waals surface area contributed by atoms with Crippen LogP contribution in [0.3, 0.4) is 0 Å². The van der Waals surface area contributed by atoms with Crippen LogP contribution in [0.25, 0.3) is 11.0 Å². The number of pyridine rings is 1. The van der Waals surface area contributed by atoms with Crippen LogP contribution < -0.4 is 10.9 Å². The zero-order valence-electron chi connectivity index (χ0n) is 19.0. The number of hydrogen-bond acceptors (Lipinski definition) is 7. The monoisotopic (exact) mass is 491 g/mol. The molecule has 0 spiro atoms. The molecule has 0 unspecified atom stereocenters. The predicted octanol–water partition coefficient (Wildman–Crippen LogP) is 4.94. The summed E-state index contributed by atoms with van der Waals surface area (Å²) in [6, 6.07) is 14.7. The van der Waals surface area contributed by atoms with Crippen molar-refractivity contribution in [1.82, 2.24) is 4.98 Å². The third kappa shape index (κ3) is 5.40. The lowest BCUT2D eigenvalue weighted by molar-refractivity contribution is 0.0526. The third-order valence-electron chi connectivity index (χ3n) is 5.18. The van der Waals surface area contributed by atoms with Gasteiger partial charge < -0.3 is 19.6 Å². The minimum atomic E-state index is -0.460. The molecule has 4 aromatic rings. The molecule has 9 heteroatoms. The highest BCUT2D eigenvalue weighted by Gasteiger charge is 2.17. The number of amides is 1. The Morgan fingerprint density at radius 3 is 2.51 bits per heavy atom. The number of nitrogens with zero attached hydrogens (tertiary/aromatic N) is 2. The number of aliphatic hydroxyl groups is 1. The molecule has 2 aromatic carbocycles. The van der Waals surface area contributed by atoms with E-state index in [1.807, 2.05) is 0 Å². The van der Waals surface area contributed by atoms with Gasteiger partial charge in [-0.05, 0) is 68.4 Å². The number of benzene rings is 2. The lowest BCUT2D eigenvalue weighted by atomic mass is 10.1. The van der Waals surface area contributed by atoms with Crippen LogP contribution in [-0.2, 0) is 11.3 Å². The number of ether oxygens (including phenoxy) is 1. The number of rotatable bonds is 6. The van der Waals surface area contributed by atoms with Gasteiger partial charge in [0.05, 0.1) is 30.2 Å². The number of aliphatic hydroxyl groups excluding tert-OH is 1. The van der Waals surface area contributed by atoms with E-state index in [0.717, 1.165) is 0 Å². The highest BCUT2D eigenvalue weighted by atomic mass is 35.5. The summed E-state index contributed by atoms with van der Waals surface area (Å²) in [5.74, 6) is -0.895. The first-order valence-electron chi connectivity index (χ1n) is 10.8. The van der Waals surface area contributed by atoms with E-state index in [9.17, 15) is 14.7 Å². The molecule has 0 saturated heterocycles. The molecule has 0 aliphatic rings. The molecule has 2 aromatic heterocycles. The summed E-state index contributed by atoms with van der Waals surface area (Å²) < 4.78 is 11.1. The molecule has 178 valence electrons. The van der Waals surface area contributed by atoms with E-state index in [2.05, 4.69) is 15.3 Å². The summed E-state index contributed by atoms with van der Waals surface area (Å²) in [4.78, 5) is 34.0. The maximum absolute atomic E-state index is 13.3. The summed E-state index contributed by atoms with van der Waals surface area (Å²) in [6.07, 6.45) is 1.54. The maximum Gasteiger partial charge on any atom is 0.338 e. The average Bonchev–Trinajstić information content (AvgIpc) is 2.86. The molecule has 0 bridgehead atoms. The quantitative estimate of drug-likeness (QED) is 0.369. The fourth-order valence-electron chi connectivity index (χ4n) is 3.40. The number of esters is 1. The predicted molar refractivity (Wildman–Crippen MR) is 132 cm³/mol. The SMILES string of the molecule is CCOC(=O)c1ccc(N=c2oc3c(C)ncc(CO)c3cc2C(=O)Nc2ccc(Cl)cc2)cc1. The van der Waals surface area contributed by atoms with Gasteiger partial charge in [0.2, 0.25) is 5.55 Å². The number of halogens is 1. The van der Waals surface area contributed by atoms with Crippen molar-refractivity contribution in [2.45, 2.75) is 20.5 Å². The molecule has 2 N–H and O–H groups in total. The van der Waals surface area contributed by atoms with Crippen molar-refractivity contribution in [3.8, 4) is 0 Å². The zero-order chi connectivity index (χ0) is 24.9. The summed E-state index contributed by atoms with van der Waals surface area (Å²) in [5.41, 5.74) is 3.09. The van der Waals surface area contributed by atoms with Crippen LogP contribution >= 0.6 is 11.6 Å². The lowest BCUT2D eigenvalue weighted by Crippen LogP contribution is -2.22. The molecule has 2 heterocycles. The zero-order valence-corrected chi connectivity index (χ0v) is 19.8. The van der Waals surface area contributed by atoms with Crippen LogP contribution in [0.5, 0.6) is 0 Å². The number of nitrogens with one attached hydrogen (secondary N) is 1. The molecule has 1 amide bonds. The van der Waals surface area contributed by atoms with Crippen molar-refractivity contribution in [3.63, 3.8) is 0 Å². The number of carbonyl (C=O) groups excluding carboxylic acids is 2. The Kier molecular flexibility index (Phi) is 7.24. The summed E-state index contributed by atoms with van der Waals surface area (Å²) in [6.45, 7) is 3.50. The van der Waals surface area contributed by atoms with Gasteiger partial charge in [0.25, 0.3) is 5.91 Å². The van der Waals surface area contributed by atoms with Gasteiger partial charge >= 0.3 is 5.97 Å². The van der Waals surface area contributed by atoms with Crippen LogP contribution in [0.1, 0.15) is 38.9 Å². The fraction of sp³-hybridized carbons (Fsp3) is 0.154. The Bertz CT molecular complexity index is 1460. The van der Waals surface area contributed by atoms with E-state index < -0.39 is 11.9 Å². The number of fused-ring (bicyclic) bond motifs is 1. The van der Waals surface area contributed by atoms with E-state index >= 15 is 0 Å². The van der Waals surface area contributed by atoms with Crippen LogP contribution in [-0.4, -0.2) is 28.6 Å². The molecule has 4 rings (SSSR count). The highest BCUT2D eigenvalue weighted by molar-refractivity contribution is 6.30. The van der Waals surface area contributed by atoms with Crippen molar-refractivity contribution in [3.05, 3.63) is 93.8 Å². The van der Waals surface area contributed by atoms with Gasteiger partial charge in [-0.1, -0.05) is 11.6 Å². The highest BCUT2D eigenvalue weighted by Crippen LogP contribution is 2.22. The Morgan fingerprint density at radius 1 is 1.14 bits per heavy atom. The summed E-state index contributed by atoms with van der Waals surface area (Å²) >= 11 is 5.94. The fourth-order valence-corrected chi connectivity index (χ4v) is 3.52.